The number of Topliss-reactive ketones (excluding diaryl/α,β-unsaturated/α-hetero) is 1. The van der Waals surface area contributed by atoms with Crippen molar-refractivity contribution in [3.63, 3.8) is 0 Å². The van der Waals surface area contributed by atoms with Crippen molar-refractivity contribution in [2.45, 2.75) is 6.54 Å². The van der Waals surface area contributed by atoms with Crippen molar-refractivity contribution in [1.82, 2.24) is 4.57 Å². The second kappa shape index (κ2) is 5.72. The largest absolute Gasteiger partial charge is 0.338 e. The van der Waals surface area contributed by atoms with Crippen LogP contribution in [0.25, 0.3) is 10.9 Å². The Hall–Kier alpha value is -1.48. The van der Waals surface area contributed by atoms with Crippen LogP contribution in [0, 0.1) is 0 Å². The van der Waals surface area contributed by atoms with Gasteiger partial charge in [-0.25, -0.2) is 0 Å². The average Bonchev–Trinajstić information content (AvgIpc) is 2.76. The standard InChI is InChI=1S/C16H10Cl3NO/c17-10-5-6-12(13(18)7-10)16(21)9-20-8-14(19)11-3-1-2-4-15(11)20/h1-8H,9H2. The molecule has 1 aromatic heterocycles. The number of para-hydroxylation sites is 1. The third-order valence-corrected chi connectivity index (χ3v) is 4.13. The Morgan fingerprint density at radius 2 is 1.76 bits per heavy atom. The molecule has 3 rings (SSSR count). The molecular formula is C16H10Cl3NO. The van der Waals surface area contributed by atoms with Gasteiger partial charge in [0.15, 0.2) is 5.78 Å². The Bertz CT molecular complexity index is 839. The number of hydrogen-bond donors (Lipinski definition) is 0. The van der Waals surface area contributed by atoms with E-state index < -0.39 is 0 Å². The number of fused-ring (bicyclic) bond motifs is 1. The molecule has 0 N–H and O–H groups in total. The molecule has 2 aromatic carbocycles. The molecule has 0 aliphatic carbocycles. The first-order chi connectivity index (χ1) is 10.1. The van der Waals surface area contributed by atoms with E-state index in [1.54, 1.807) is 24.4 Å². The van der Waals surface area contributed by atoms with Crippen molar-refractivity contribution in [1.29, 1.82) is 0 Å². The van der Waals surface area contributed by atoms with Gasteiger partial charge in [-0.2, -0.15) is 0 Å². The monoisotopic (exact) mass is 337 g/mol. The van der Waals surface area contributed by atoms with Crippen molar-refractivity contribution in [3.8, 4) is 0 Å². The zero-order valence-electron chi connectivity index (χ0n) is 10.8. The van der Waals surface area contributed by atoms with Gasteiger partial charge in [0.25, 0.3) is 0 Å². The molecule has 0 fully saturated rings. The lowest BCUT2D eigenvalue weighted by atomic mass is 10.1. The summed E-state index contributed by atoms with van der Waals surface area (Å²) in [6.45, 7) is 0.175. The fourth-order valence-electron chi connectivity index (χ4n) is 2.29. The van der Waals surface area contributed by atoms with Gasteiger partial charge in [-0.1, -0.05) is 53.0 Å². The van der Waals surface area contributed by atoms with E-state index in [0.717, 1.165) is 10.9 Å². The lowest BCUT2D eigenvalue weighted by Crippen LogP contribution is -2.10. The van der Waals surface area contributed by atoms with Crippen molar-refractivity contribution in [3.05, 3.63) is 69.3 Å². The molecule has 0 spiro atoms. The highest BCUT2D eigenvalue weighted by atomic mass is 35.5. The Labute approximate surface area is 136 Å². The summed E-state index contributed by atoms with van der Waals surface area (Å²) in [5.41, 5.74) is 1.37. The number of benzene rings is 2. The Kier molecular flexibility index (Phi) is 3.94. The lowest BCUT2D eigenvalue weighted by Gasteiger charge is -2.06. The van der Waals surface area contributed by atoms with E-state index in [0.29, 0.717) is 20.6 Å². The third-order valence-electron chi connectivity index (χ3n) is 3.29. The molecule has 0 saturated heterocycles. The van der Waals surface area contributed by atoms with Crippen molar-refractivity contribution >= 4 is 51.5 Å². The predicted molar refractivity (Wildman–Crippen MR) is 87.7 cm³/mol. The molecule has 21 heavy (non-hydrogen) atoms. The highest BCUT2D eigenvalue weighted by molar-refractivity contribution is 6.37. The maximum atomic E-state index is 12.4. The summed E-state index contributed by atoms with van der Waals surface area (Å²) in [4.78, 5) is 12.4. The SMILES string of the molecule is O=C(Cn1cc(Cl)c2ccccc21)c1ccc(Cl)cc1Cl. The van der Waals surface area contributed by atoms with E-state index in [2.05, 4.69) is 0 Å². The van der Waals surface area contributed by atoms with Crippen LogP contribution in [0.1, 0.15) is 10.4 Å². The van der Waals surface area contributed by atoms with Gasteiger partial charge in [0.1, 0.15) is 0 Å². The molecule has 0 unspecified atom stereocenters. The van der Waals surface area contributed by atoms with E-state index in [9.17, 15) is 4.79 Å². The zero-order valence-corrected chi connectivity index (χ0v) is 13.1. The first-order valence-electron chi connectivity index (χ1n) is 6.28. The number of hydrogen-bond acceptors (Lipinski definition) is 1. The van der Waals surface area contributed by atoms with Crippen molar-refractivity contribution < 1.29 is 4.79 Å². The number of halogens is 3. The summed E-state index contributed by atoms with van der Waals surface area (Å²) in [6.07, 6.45) is 1.76. The number of ketones is 1. The molecule has 0 aliphatic rings. The molecule has 0 amide bonds. The van der Waals surface area contributed by atoms with Crippen LogP contribution in [0.5, 0.6) is 0 Å². The van der Waals surface area contributed by atoms with Gasteiger partial charge in [-0.05, 0) is 24.3 Å². The van der Waals surface area contributed by atoms with Gasteiger partial charge in [-0.3, -0.25) is 4.79 Å². The smallest absolute Gasteiger partial charge is 0.183 e. The van der Waals surface area contributed by atoms with Gasteiger partial charge in [0.2, 0.25) is 0 Å². The van der Waals surface area contributed by atoms with Crippen LogP contribution < -0.4 is 0 Å². The molecule has 0 radical (unpaired) electrons. The van der Waals surface area contributed by atoms with Crippen LogP contribution in [0.3, 0.4) is 0 Å². The second-order valence-corrected chi connectivity index (χ2v) is 5.92. The third kappa shape index (κ3) is 2.80. The molecule has 2 nitrogen and oxygen atoms in total. The van der Waals surface area contributed by atoms with Crippen LogP contribution in [0.4, 0.5) is 0 Å². The van der Waals surface area contributed by atoms with E-state index in [4.69, 9.17) is 34.8 Å². The molecule has 5 heteroatoms. The minimum Gasteiger partial charge on any atom is -0.338 e. The highest BCUT2D eigenvalue weighted by Crippen LogP contribution is 2.27. The van der Waals surface area contributed by atoms with Gasteiger partial charge in [-0.15, -0.1) is 0 Å². The Balaban J connectivity index is 1.97. The number of carbonyl (C=O) groups excluding carboxylic acids is 1. The van der Waals surface area contributed by atoms with E-state index in [-0.39, 0.29) is 12.3 Å². The summed E-state index contributed by atoms with van der Waals surface area (Å²) in [5.74, 6) is -0.0888. The minimum absolute atomic E-state index is 0.0888. The minimum atomic E-state index is -0.0888. The maximum Gasteiger partial charge on any atom is 0.183 e. The summed E-state index contributed by atoms with van der Waals surface area (Å²) in [6, 6.07) is 12.5. The lowest BCUT2D eigenvalue weighted by molar-refractivity contribution is 0.0974. The van der Waals surface area contributed by atoms with Gasteiger partial charge >= 0.3 is 0 Å². The quantitative estimate of drug-likeness (QED) is 0.579. The molecule has 106 valence electrons. The number of aromatic nitrogens is 1. The fraction of sp³-hybridized carbons (Fsp3) is 0.0625. The summed E-state index contributed by atoms with van der Waals surface area (Å²) in [5, 5.41) is 2.41. The molecule has 0 bridgehead atoms. The molecule has 0 saturated carbocycles. The molecule has 0 atom stereocenters. The van der Waals surface area contributed by atoms with Crippen LogP contribution in [0.15, 0.2) is 48.7 Å². The molecule has 3 aromatic rings. The van der Waals surface area contributed by atoms with E-state index in [1.807, 2.05) is 28.8 Å². The first-order valence-corrected chi connectivity index (χ1v) is 7.41. The first kappa shape index (κ1) is 14.5. The average molecular weight is 339 g/mol. The Morgan fingerprint density at radius 3 is 2.52 bits per heavy atom. The van der Waals surface area contributed by atoms with Crippen LogP contribution in [0.2, 0.25) is 15.1 Å². The summed E-state index contributed by atoms with van der Waals surface area (Å²) >= 11 is 18.1. The van der Waals surface area contributed by atoms with Gasteiger partial charge < -0.3 is 4.57 Å². The Morgan fingerprint density at radius 1 is 1.00 bits per heavy atom. The molecular weight excluding hydrogens is 329 g/mol. The van der Waals surface area contributed by atoms with Crippen LogP contribution in [-0.2, 0) is 6.54 Å². The highest BCUT2D eigenvalue weighted by Gasteiger charge is 2.14. The predicted octanol–water partition coefficient (Wildman–Crippen LogP) is 5.48. The topological polar surface area (TPSA) is 22.0 Å². The summed E-state index contributed by atoms with van der Waals surface area (Å²) in [7, 11) is 0. The number of rotatable bonds is 3. The second-order valence-electron chi connectivity index (χ2n) is 4.67. The van der Waals surface area contributed by atoms with Crippen molar-refractivity contribution in [2.24, 2.45) is 0 Å². The van der Waals surface area contributed by atoms with Crippen molar-refractivity contribution in [2.75, 3.05) is 0 Å². The summed E-state index contributed by atoms with van der Waals surface area (Å²) < 4.78 is 1.82. The van der Waals surface area contributed by atoms with Gasteiger partial charge in [0.05, 0.1) is 16.6 Å². The number of carbonyl (C=O) groups is 1. The van der Waals surface area contributed by atoms with Gasteiger partial charge in [0, 0.05) is 27.7 Å². The van der Waals surface area contributed by atoms with Crippen LogP contribution >= 0.6 is 34.8 Å². The van der Waals surface area contributed by atoms with E-state index in [1.165, 1.54) is 0 Å². The number of nitrogens with zero attached hydrogens (tertiary/aromatic N) is 1. The fourth-order valence-corrected chi connectivity index (χ4v) is 3.08. The normalized spacial score (nSPS) is 11.0. The maximum absolute atomic E-state index is 12.4. The van der Waals surface area contributed by atoms with E-state index >= 15 is 0 Å². The zero-order chi connectivity index (χ0) is 15.0. The molecule has 1 heterocycles. The van der Waals surface area contributed by atoms with Crippen LogP contribution in [-0.4, -0.2) is 10.4 Å². The molecule has 0 aliphatic heterocycles.